The van der Waals surface area contributed by atoms with Crippen LogP contribution in [0.3, 0.4) is 0 Å². The quantitative estimate of drug-likeness (QED) is 0.554. The molecule has 2 aliphatic carbocycles. The van der Waals surface area contributed by atoms with E-state index in [4.69, 9.17) is 4.74 Å². The first-order valence-electron chi connectivity index (χ1n) is 13.1. The van der Waals surface area contributed by atoms with Crippen molar-refractivity contribution in [1.82, 2.24) is 9.80 Å². The van der Waals surface area contributed by atoms with Crippen LogP contribution in [0.4, 0.5) is 0 Å². The second kappa shape index (κ2) is 10.6. The standard InChI is InChI=1S/C29H40N2O2/c1-30(29(32)24-11-14-28(15-12-24)33-21-22-6-7-22)27-13-10-25-18-23(8-9-26(25)19-27)20-31-16-4-2-3-5-17-31/h8-9,11-12,14-15,18,22,27,29,32H,2-7,10,13,16-17,19-21H2,1H3. The summed E-state index contributed by atoms with van der Waals surface area (Å²) in [5.74, 6) is 1.66. The lowest BCUT2D eigenvalue weighted by molar-refractivity contribution is -0.0118. The predicted octanol–water partition coefficient (Wildman–Crippen LogP) is 5.33. The van der Waals surface area contributed by atoms with E-state index in [0.717, 1.165) is 49.6 Å². The first kappa shape index (κ1) is 22.9. The average molecular weight is 449 g/mol. The molecule has 0 spiro atoms. The van der Waals surface area contributed by atoms with Crippen LogP contribution in [0.2, 0.25) is 0 Å². The van der Waals surface area contributed by atoms with E-state index in [1.807, 2.05) is 24.3 Å². The van der Waals surface area contributed by atoms with E-state index in [1.165, 1.54) is 68.3 Å². The van der Waals surface area contributed by atoms with Gasteiger partial charge in [-0.1, -0.05) is 43.2 Å². The lowest BCUT2D eigenvalue weighted by Gasteiger charge is -2.36. The Bertz CT molecular complexity index is 900. The Morgan fingerprint density at radius 1 is 0.970 bits per heavy atom. The van der Waals surface area contributed by atoms with E-state index in [2.05, 4.69) is 35.0 Å². The van der Waals surface area contributed by atoms with Gasteiger partial charge in [0.2, 0.25) is 0 Å². The van der Waals surface area contributed by atoms with Crippen LogP contribution in [0.1, 0.15) is 73.4 Å². The number of hydrogen-bond donors (Lipinski definition) is 1. The molecular weight excluding hydrogens is 408 g/mol. The fraction of sp³-hybridized carbons (Fsp3) is 0.586. The van der Waals surface area contributed by atoms with Gasteiger partial charge in [-0.15, -0.1) is 0 Å². The minimum absolute atomic E-state index is 0.356. The predicted molar refractivity (Wildman–Crippen MR) is 133 cm³/mol. The van der Waals surface area contributed by atoms with Gasteiger partial charge in [-0.05, 0) is 105 Å². The molecule has 2 aromatic carbocycles. The molecule has 0 aromatic heterocycles. The highest BCUT2D eigenvalue weighted by atomic mass is 16.5. The van der Waals surface area contributed by atoms with Crippen molar-refractivity contribution in [1.29, 1.82) is 0 Å². The van der Waals surface area contributed by atoms with Gasteiger partial charge in [0.05, 0.1) is 6.61 Å². The molecule has 3 aliphatic rings. The molecular formula is C29H40N2O2. The molecule has 33 heavy (non-hydrogen) atoms. The maximum absolute atomic E-state index is 11.0. The molecule has 5 rings (SSSR count). The number of aliphatic hydroxyl groups is 1. The summed E-state index contributed by atoms with van der Waals surface area (Å²) in [6.07, 6.45) is 10.7. The second-order valence-electron chi connectivity index (χ2n) is 10.6. The summed E-state index contributed by atoms with van der Waals surface area (Å²) in [6, 6.07) is 15.5. The SMILES string of the molecule is CN(C1CCc2cc(CN3CCCCCC3)ccc2C1)C(O)c1ccc(OCC2CC2)cc1. The number of likely N-dealkylation sites (N-methyl/N-ethyl adjacent to an activating group) is 1. The largest absolute Gasteiger partial charge is 0.493 e. The molecule has 2 aromatic rings. The lowest BCUT2D eigenvalue weighted by Crippen LogP contribution is -2.39. The van der Waals surface area contributed by atoms with Crippen LogP contribution in [0, 0.1) is 5.92 Å². The van der Waals surface area contributed by atoms with Crippen LogP contribution < -0.4 is 4.74 Å². The minimum atomic E-state index is -0.587. The first-order valence-corrected chi connectivity index (χ1v) is 13.1. The summed E-state index contributed by atoms with van der Waals surface area (Å²) in [4.78, 5) is 4.78. The Morgan fingerprint density at radius 3 is 2.45 bits per heavy atom. The van der Waals surface area contributed by atoms with Gasteiger partial charge in [-0.25, -0.2) is 0 Å². The monoisotopic (exact) mass is 448 g/mol. The van der Waals surface area contributed by atoms with Gasteiger partial charge in [0.15, 0.2) is 0 Å². The zero-order chi connectivity index (χ0) is 22.6. The first-order chi connectivity index (χ1) is 16.2. The van der Waals surface area contributed by atoms with E-state index in [1.54, 1.807) is 0 Å². The van der Waals surface area contributed by atoms with Gasteiger partial charge >= 0.3 is 0 Å². The molecule has 0 amide bonds. The maximum atomic E-state index is 11.0. The smallest absolute Gasteiger partial charge is 0.133 e. The number of likely N-dealkylation sites (tertiary alicyclic amines) is 1. The van der Waals surface area contributed by atoms with Crippen molar-refractivity contribution in [2.75, 3.05) is 26.7 Å². The number of nitrogens with zero attached hydrogens (tertiary/aromatic N) is 2. The van der Waals surface area contributed by atoms with Crippen molar-refractivity contribution in [3.8, 4) is 5.75 Å². The van der Waals surface area contributed by atoms with E-state index >= 15 is 0 Å². The van der Waals surface area contributed by atoms with Crippen LogP contribution in [-0.4, -0.2) is 47.7 Å². The zero-order valence-electron chi connectivity index (χ0n) is 20.2. The number of aliphatic hydroxyl groups excluding tert-OH is 1. The summed E-state index contributed by atoms with van der Waals surface area (Å²) < 4.78 is 5.85. The number of hydrogen-bond acceptors (Lipinski definition) is 4. The van der Waals surface area contributed by atoms with Crippen LogP contribution in [0.25, 0.3) is 0 Å². The molecule has 1 saturated carbocycles. The normalized spacial score (nSPS) is 22.6. The Morgan fingerprint density at radius 2 is 1.73 bits per heavy atom. The third-order valence-electron chi connectivity index (χ3n) is 7.90. The van der Waals surface area contributed by atoms with Crippen molar-refractivity contribution in [3.05, 3.63) is 64.7 Å². The molecule has 1 N–H and O–H groups in total. The Kier molecular flexibility index (Phi) is 7.34. The lowest BCUT2D eigenvalue weighted by atomic mass is 9.86. The molecule has 0 bridgehead atoms. The van der Waals surface area contributed by atoms with E-state index in [-0.39, 0.29) is 0 Å². The fourth-order valence-electron chi connectivity index (χ4n) is 5.46. The van der Waals surface area contributed by atoms with Crippen molar-refractivity contribution >= 4 is 0 Å². The molecule has 1 heterocycles. The van der Waals surface area contributed by atoms with Crippen molar-refractivity contribution in [3.63, 3.8) is 0 Å². The molecule has 1 saturated heterocycles. The molecule has 4 heteroatoms. The number of ether oxygens (including phenoxy) is 1. The maximum Gasteiger partial charge on any atom is 0.133 e. The highest BCUT2D eigenvalue weighted by Gasteiger charge is 2.27. The highest BCUT2D eigenvalue weighted by molar-refractivity contribution is 5.35. The van der Waals surface area contributed by atoms with E-state index in [9.17, 15) is 5.11 Å². The van der Waals surface area contributed by atoms with Gasteiger partial charge in [0.1, 0.15) is 12.0 Å². The summed E-state index contributed by atoms with van der Waals surface area (Å²) in [5.41, 5.74) is 5.37. The molecule has 4 nitrogen and oxygen atoms in total. The van der Waals surface area contributed by atoms with Crippen LogP contribution in [0.5, 0.6) is 5.75 Å². The number of fused-ring (bicyclic) bond motifs is 1. The van der Waals surface area contributed by atoms with Gasteiger partial charge in [-0.3, -0.25) is 9.80 Å². The van der Waals surface area contributed by atoms with Crippen LogP contribution >= 0.6 is 0 Å². The topological polar surface area (TPSA) is 35.9 Å². The van der Waals surface area contributed by atoms with Crippen LogP contribution in [-0.2, 0) is 19.4 Å². The Labute approximate surface area is 199 Å². The van der Waals surface area contributed by atoms with Gasteiger partial charge in [-0.2, -0.15) is 0 Å². The van der Waals surface area contributed by atoms with Crippen molar-refractivity contribution in [2.45, 2.75) is 76.6 Å². The summed E-state index contributed by atoms with van der Waals surface area (Å²) in [5, 5.41) is 11.0. The van der Waals surface area contributed by atoms with E-state index in [0.29, 0.717) is 6.04 Å². The third kappa shape index (κ3) is 5.98. The summed E-state index contributed by atoms with van der Waals surface area (Å²) in [7, 11) is 2.06. The van der Waals surface area contributed by atoms with Crippen LogP contribution in [0.15, 0.2) is 42.5 Å². The second-order valence-corrected chi connectivity index (χ2v) is 10.6. The zero-order valence-corrected chi connectivity index (χ0v) is 20.2. The van der Waals surface area contributed by atoms with Gasteiger partial charge in [0, 0.05) is 12.6 Å². The Balaban J connectivity index is 1.17. The molecule has 0 radical (unpaired) electrons. The van der Waals surface area contributed by atoms with E-state index < -0.39 is 6.23 Å². The molecule has 178 valence electrons. The third-order valence-corrected chi connectivity index (χ3v) is 7.90. The van der Waals surface area contributed by atoms with Crippen molar-refractivity contribution in [2.24, 2.45) is 5.92 Å². The molecule has 2 fully saturated rings. The average Bonchev–Trinajstić information content (AvgIpc) is 3.70. The van der Waals surface area contributed by atoms with Gasteiger partial charge < -0.3 is 9.84 Å². The number of aryl methyl sites for hydroxylation is 1. The Hall–Kier alpha value is -1.88. The number of rotatable bonds is 8. The molecule has 1 aliphatic heterocycles. The highest BCUT2D eigenvalue weighted by Crippen LogP contribution is 2.31. The minimum Gasteiger partial charge on any atom is -0.493 e. The molecule has 2 atom stereocenters. The number of benzene rings is 2. The molecule has 2 unspecified atom stereocenters. The fourth-order valence-corrected chi connectivity index (χ4v) is 5.46. The summed E-state index contributed by atoms with van der Waals surface area (Å²) >= 11 is 0. The van der Waals surface area contributed by atoms with Gasteiger partial charge in [0.25, 0.3) is 0 Å². The summed E-state index contributed by atoms with van der Waals surface area (Å²) in [6.45, 7) is 4.41. The van der Waals surface area contributed by atoms with Crippen molar-refractivity contribution < 1.29 is 9.84 Å².